The van der Waals surface area contributed by atoms with Gasteiger partial charge < -0.3 is 19.3 Å². The second-order valence-corrected chi connectivity index (χ2v) is 8.06. The van der Waals surface area contributed by atoms with Crippen LogP contribution in [0.1, 0.15) is 24.0 Å². The molecule has 1 amide bonds. The predicted octanol–water partition coefficient (Wildman–Crippen LogP) is 3.15. The zero-order valence-corrected chi connectivity index (χ0v) is 16.3. The summed E-state index contributed by atoms with van der Waals surface area (Å²) in [5.74, 6) is 1.82. The Morgan fingerprint density at radius 1 is 0.929 bits per heavy atom. The van der Waals surface area contributed by atoms with Crippen LogP contribution in [0, 0.1) is 6.92 Å². The molecule has 2 aromatic rings. The van der Waals surface area contributed by atoms with Crippen molar-refractivity contribution in [2.24, 2.45) is 0 Å². The quantitative estimate of drug-likeness (QED) is 0.823. The van der Waals surface area contributed by atoms with E-state index in [2.05, 4.69) is 41.0 Å². The van der Waals surface area contributed by atoms with Gasteiger partial charge in [0.15, 0.2) is 11.5 Å². The number of benzene rings is 2. The Bertz CT molecular complexity index is 898. The molecule has 3 aliphatic rings. The maximum Gasteiger partial charge on any atom is 0.233 e. The minimum absolute atomic E-state index is 0.271. The van der Waals surface area contributed by atoms with E-state index in [-0.39, 0.29) is 11.3 Å². The summed E-state index contributed by atoms with van der Waals surface area (Å²) in [5, 5.41) is 0. The normalized spacial score (nSPS) is 20.0. The van der Waals surface area contributed by atoms with Crippen LogP contribution in [-0.4, -0.2) is 50.2 Å². The molecule has 2 fully saturated rings. The highest BCUT2D eigenvalue weighted by Gasteiger charge is 2.53. The number of hydrogen-bond acceptors (Lipinski definition) is 4. The lowest BCUT2D eigenvalue weighted by molar-refractivity contribution is -0.134. The smallest absolute Gasteiger partial charge is 0.233 e. The molecule has 1 saturated heterocycles. The number of fused-ring (bicyclic) bond motifs is 1. The van der Waals surface area contributed by atoms with E-state index in [1.807, 2.05) is 18.2 Å². The lowest BCUT2D eigenvalue weighted by atomic mass is 9.93. The highest BCUT2D eigenvalue weighted by molar-refractivity contribution is 5.91. The van der Waals surface area contributed by atoms with E-state index in [1.54, 1.807) is 0 Å². The first-order valence-electron chi connectivity index (χ1n) is 10.2. The molecule has 0 radical (unpaired) electrons. The number of aryl methyl sites for hydroxylation is 1. The molecule has 5 rings (SSSR count). The molecule has 5 heteroatoms. The van der Waals surface area contributed by atoms with E-state index >= 15 is 0 Å². The number of anilines is 1. The number of piperazine rings is 1. The molecule has 5 nitrogen and oxygen atoms in total. The van der Waals surface area contributed by atoms with E-state index in [0.29, 0.717) is 13.2 Å². The lowest BCUT2D eigenvalue weighted by Gasteiger charge is -2.38. The Kier molecular flexibility index (Phi) is 4.18. The van der Waals surface area contributed by atoms with E-state index in [0.717, 1.165) is 56.1 Å². The Hall–Kier alpha value is -2.69. The first-order chi connectivity index (χ1) is 13.7. The van der Waals surface area contributed by atoms with Crippen LogP contribution in [-0.2, 0) is 10.2 Å². The Labute approximate surface area is 165 Å². The molecular weight excluding hydrogens is 352 g/mol. The molecule has 2 aliphatic heterocycles. The van der Waals surface area contributed by atoms with Crippen molar-refractivity contribution in [2.45, 2.75) is 25.2 Å². The average Bonchev–Trinajstić information content (AvgIpc) is 3.55. The van der Waals surface area contributed by atoms with E-state index < -0.39 is 0 Å². The van der Waals surface area contributed by atoms with Crippen molar-refractivity contribution >= 4 is 11.6 Å². The summed E-state index contributed by atoms with van der Waals surface area (Å²) >= 11 is 0. The fourth-order valence-corrected chi connectivity index (χ4v) is 4.39. The summed E-state index contributed by atoms with van der Waals surface area (Å²) in [6.07, 6.45) is 1.84. The fraction of sp³-hybridized carbons (Fsp3) is 0.435. The van der Waals surface area contributed by atoms with Crippen molar-refractivity contribution in [3.8, 4) is 11.5 Å². The molecule has 0 atom stereocenters. The van der Waals surface area contributed by atoms with E-state index in [4.69, 9.17) is 9.47 Å². The van der Waals surface area contributed by atoms with Crippen LogP contribution in [0.25, 0.3) is 0 Å². The third kappa shape index (κ3) is 2.99. The maximum atomic E-state index is 13.4. The first kappa shape index (κ1) is 17.4. The van der Waals surface area contributed by atoms with Crippen molar-refractivity contribution in [1.82, 2.24) is 4.90 Å². The standard InChI is InChI=1S/C23H26N2O3/c1-17-3-2-4-19(15-17)24-9-11-25(12-10-24)22(26)23(7-8-23)18-5-6-20-21(16-18)28-14-13-27-20/h2-6,15-16H,7-14H2,1H3. The van der Waals surface area contributed by atoms with Crippen LogP contribution in [0.4, 0.5) is 5.69 Å². The summed E-state index contributed by atoms with van der Waals surface area (Å²) in [4.78, 5) is 17.8. The number of ether oxygens (including phenoxy) is 2. The van der Waals surface area contributed by atoms with Gasteiger partial charge in [-0.1, -0.05) is 18.2 Å². The van der Waals surface area contributed by atoms with Crippen LogP contribution >= 0.6 is 0 Å². The van der Waals surface area contributed by atoms with Gasteiger partial charge in [-0.3, -0.25) is 4.79 Å². The summed E-state index contributed by atoms with van der Waals surface area (Å²) in [6, 6.07) is 14.6. The zero-order chi connectivity index (χ0) is 19.1. The molecule has 2 heterocycles. The van der Waals surface area contributed by atoms with Gasteiger partial charge in [0.2, 0.25) is 5.91 Å². The number of nitrogens with zero attached hydrogens (tertiary/aromatic N) is 2. The maximum absolute atomic E-state index is 13.4. The Morgan fingerprint density at radius 2 is 1.68 bits per heavy atom. The zero-order valence-electron chi connectivity index (χ0n) is 16.3. The molecule has 0 aromatic heterocycles. The number of rotatable bonds is 3. The van der Waals surface area contributed by atoms with Crippen molar-refractivity contribution in [3.63, 3.8) is 0 Å². The van der Waals surface area contributed by atoms with Crippen molar-refractivity contribution in [3.05, 3.63) is 53.6 Å². The van der Waals surface area contributed by atoms with Gasteiger partial charge in [0.05, 0.1) is 5.41 Å². The highest BCUT2D eigenvalue weighted by atomic mass is 16.6. The lowest BCUT2D eigenvalue weighted by Crippen LogP contribution is -2.51. The molecule has 0 N–H and O–H groups in total. The monoisotopic (exact) mass is 378 g/mol. The molecule has 0 unspecified atom stereocenters. The largest absolute Gasteiger partial charge is 0.486 e. The summed E-state index contributed by atoms with van der Waals surface area (Å²) in [5.41, 5.74) is 3.23. The Morgan fingerprint density at radius 3 is 2.39 bits per heavy atom. The highest BCUT2D eigenvalue weighted by Crippen LogP contribution is 2.51. The van der Waals surface area contributed by atoms with Gasteiger partial charge in [-0.25, -0.2) is 0 Å². The van der Waals surface area contributed by atoms with Gasteiger partial charge in [-0.05, 0) is 55.2 Å². The summed E-state index contributed by atoms with van der Waals surface area (Å²) in [6.45, 7) is 6.59. The van der Waals surface area contributed by atoms with Gasteiger partial charge in [0.1, 0.15) is 13.2 Å². The van der Waals surface area contributed by atoms with Gasteiger partial charge in [-0.2, -0.15) is 0 Å². The van der Waals surface area contributed by atoms with E-state index in [9.17, 15) is 4.79 Å². The molecule has 2 aromatic carbocycles. The predicted molar refractivity (Wildman–Crippen MR) is 108 cm³/mol. The molecule has 0 bridgehead atoms. The fourth-order valence-electron chi connectivity index (χ4n) is 4.39. The third-order valence-electron chi connectivity index (χ3n) is 6.19. The minimum Gasteiger partial charge on any atom is -0.486 e. The van der Waals surface area contributed by atoms with Crippen LogP contribution in [0.3, 0.4) is 0 Å². The number of carbonyl (C=O) groups excluding carboxylic acids is 1. The van der Waals surface area contributed by atoms with Crippen LogP contribution < -0.4 is 14.4 Å². The van der Waals surface area contributed by atoms with Crippen LogP contribution in [0.5, 0.6) is 11.5 Å². The molecule has 1 aliphatic carbocycles. The second kappa shape index (κ2) is 6.73. The second-order valence-electron chi connectivity index (χ2n) is 8.06. The first-order valence-corrected chi connectivity index (χ1v) is 10.2. The summed E-state index contributed by atoms with van der Waals surface area (Å²) < 4.78 is 11.4. The van der Waals surface area contributed by atoms with Crippen molar-refractivity contribution in [2.75, 3.05) is 44.3 Å². The topological polar surface area (TPSA) is 42.0 Å². The molecule has 146 valence electrons. The SMILES string of the molecule is Cc1cccc(N2CCN(C(=O)C3(c4ccc5c(c4)OCCO5)CC3)CC2)c1. The third-order valence-corrected chi connectivity index (χ3v) is 6.19. The van der Waals surface area contributed by atoms with Gasteiger partial charge in [-0.15, -0.1) is 0 Å². The molecule has 1 saturated carbocycles. The van der Waals surface area contributed by atoms with Crippen LogP contribution in [0.2, 0.25) is 0 Å². The Balaban J connectivity index is 1.29. The summed E-state index contributed by atoms with van der Waals surface area (Å²) in [7, 11) is 0. The minimum atomic E-state index is -0.360. The molecule has 0 spiro atoms. The number of hydrogen-bond donors (Lipinski definition) is 0. The van der Waals surface area contributed by atoms with Crippen LogP contribution in [0.15, 0.2) is 42.5 Å². The van der Waals surface area contributed by atoms with Crippen molar-refractivity contribution in [1.29, 1.82) is 0 Å². The molecule has 28 heavy (non-hydrogen) atoms. The van der Waals surface area contributed by atoms with E-state index in [1.165, 1.54) is 11.3 Å². The molecular formula is C23H26N2O3. The van der Waals surface area contributed by atoms with Gasteiger partial charge in [0.25, 0.3) is 0 Å². The number of carbonyl (C=O) groups is 1. The van der Waals surface area contributed by atoms with Gasteiger partial charge in [0, 0.05) is 31.9 Å². The number of amides is 1. The van der Waals surface area contributed by atoms with Crippen molar-refractivity contribution < 1.29 is 14.3 Å². The van der Waals surface area contributed by atoms with Gasteiger partial charge >= 0.3 is 0 Å². The average molecular weight is 378 g/mol.